The van der Waals surface area contributed by atoms with Gasteiger partial charge in [-0.1, -0.05) is 6.07 Å². The molecule has 1 aromatic carbocycles. The summed E-state index contributed by atoms with van der Waals surface area (Å²) in [5.74, 6) is 0.874. The fourth-order valence-electron chi connectivity index (χ4n) is 1.83. The first-order chi connectivity index (χ1) is 7.11. The zero-order valence-electron chi connectivity index (χ0n) is 8.75. The Bertz CT molecular complexity index is 436. The Morgan fingerprint density at radius 3 is 3.00 bits per heavy atom. The van der Waals surface area contributed by atoms with Gasteiger partial charge in [0.25, 0.3) is 0 Å². The van der Waals surface area contributed by atoms with Crippen LogP contribution in [0.4, 0.5) is 0 Å². The summed E-state index contributed by atoms with van der Waals surface area (Å²) in [6.07, 6.45) is 1.17. The molecule has 1 aliphatic rings. The highest BCUT2D eigenvalue weighted by Gasteiger charge is 2.23. The topological polar surface area (TPSA) is 33.0 Å². The highest BCUT2D eigenvalue weighted by Crippen LogP contribution is 2.38. The van der Waals surface area contributed by atoms with Crippen molar-refractivity contribution in [3.05, 3.63) is 27.7 Å². The lowest BCUT2D eigenvalue weighted by Crippen LogP contribution is -2.05. The number of ether oxygens (including phenoxy) is 1. The molecule has 0 saturated carbocycles. The van der Waals surface area contributed by atoms with E-state index in [-0.39, 0.29) is 12.0 Å². The van der Waals surface area contributed by atoms with E-state index in [0.717, 1.165) is 22.2 Å². The highest BCUT2D eigenvalue weighted by atomic mass is 79.9. The molecule has 1 aromatic rings. The van der Waals surface area contributed by atoms with E-state index in [1.54, 1.807) is 0 Å². The second-order valence-electron chi connectivity index (χ2n) is 3.97. The molecule has 0 radical (unpaired) electrons. The SMILES string of the molecule is CC1Cc2cc(C(C)C#N)cc(Br)c2O1. The van der Waals surface area contributed by atoms with Crippen molar-refractivity contribution in [3.8, 4) is 11.8 Å². The molecule has 15 heavy (non-hydrogen) atoms. The molecule has 0 amide bonds. The Kier molecular flexibility index (Phi) is 2.70. The van der Waals surface area contributed by atoms with Crippen LogP contribution in [0.5, 0.6) is 5.75 Å². The minimum atomic E-state index is -0.0671. The number of nitriles is 1. The molecule has 3 heteroatoms. The summed E-state index contributed by atoms with van der Waals surface area (Å²) in [7, 11) is 0. The number of benzene rings is 1. The number of fused-ring (bicyclic) bond motifs is 1. The fourth-order valence-corrected chi connectivity index (χ4v) is 2.45. The normalized spacial score (nSPS) is 20.3. The summed E-state index contributed by atoms with van der Waals surface area (Å²) in [5, 5.41) is 8.88. The van der Waals surface area contributed by atoms with Crippen molar-refractivity contribution < 1.29 is 4.74 Å². The van der Waals surface area contributed by atoms with Gasteiger partial charge in [0.05, 0.1) is 16.5 Å². The fraction of sp³-hybridized carbons (Fsp3) is 0.417. The zero-order valence-corrected chi connectivity index (χ0v) is 10.3. The number of hydrogen-bond acceptors (Lipinski definition) is 2. The van der Waals surface area contributed by atoms with Gasteiger partial charge < -0.3 is 4.74 Å². The molecule has 2 unspecified atom stereocenters. The maximum atomic E-state index is 8.88. The van der Waals surface area contributed by atoms with Crippen LogP contribution in [-0.2, 0) is 6.42 Å². The van der Waals surface area contributed by atoms with Crippen LogP contribution in [0.25, 0.3) is 0 Å². The second-order valence-corrected chi connectivity index (χ2v) is 4.83. The Balaban J connectivity index is 2.45. The molecular weight excluding hydrogens is 254 g/mol. The van der Waals surface area contributed by atoms with Gasteiger partial charge in [0.2, 0.25) is 0 Å². The van der Waals surface area contributed by atoms with Crippen molar-refractivity contribution in [3.63, 3.8) is 0 Å². The van der Waals surface area contributed by atoms with Crippen LogP contribution in [0.2, 0.25) is 0 Å². The molecule has 2 rings (SSSR count). The zero-order chi connectivity index (χ0) is 11.0. The molecular formula is C12H12BrNO. The van der Waals surface area contributed by atoms with Crippen LogP contribution in [0, 0.1) is 11.3 Å². The van der Waals surface area contributed by atoms with Crippen molar-refractivity contribution in [1.29, 1.82) is 5.26 Å². The minimum absolute atomic E-state index is 0.0671. The predicted molar refractivity (Wildman–Crippen MR) is 62.0 cm³/mol. The van der Waals surface area contributed by atoms with Gasteiger partial charge in [0, 0.05) is 6.42 Å². The van der Waals surface area contributed by atoms with Crippen molar-refractivity contribution in [1.82, 2.24) is 0 Å². The minimum Gasteiger partial charge on any atom is -0.489 e. The second kappa shape index (κ2) is 3.86. The van der Waals surface area contributed by atoms with Crippen LogP contribution in [-0.4, -0.2) is 6.10 Å². The Hall–Kier alpha value is -1.01. The van der Waals surface area contributed by atoms with E-state index >= 15 is 0 Å². The van der Waals surface area contributed by atoms with Crippen LogP contribution >= 0.6 is 15.9 Å². The average Bonchev–Trinajstić information content (AvgIpc) is 2.58. The smallest absolute Gasteiger partial charge is 0.137 e. The summed E-state index contributed by atoms with van der Waals surface area (Å²) < 4.78 is 6.64. The lowest BCUT2D eigenvalue weighted by molar-refractivity contribution is 0.253. The number of rotatable bonds is 1. The van der Waals surface area contributed by atoms with Gasteiger partial charge in [-0.05, 0) is 47.0 Å². The highest BCUT2D eigenvalue weighted by molar-refractivity contribution is 9.10. The van der Waals surface area contributed by atoms with E-state index in [2.05, 4.69) is 35.0 Å². The number of halogens is 1. The van der Waals surface area contributed by atoms with Crippen molar-refractivity contribution >= 4 is 15.9 Å². The summed E-state index contributed by atoms with van der Waals surface area (Å²) >= 11 is 3.49. The first-order valence-corrected chi connectivity index (χ1v) is 5.79. The molecule has 0 fully saturated rings. The average molecular weight is 266 g/mol. The first kappa shape index (κ1) is 10.5. The summed E-state index contributed by atoms with van der Waals surface area (Å²) in [6.45, 7) is 3.97. The molecule has 0 bridgehead atoms. The van der Waals surface area contributed by atoms with Gasteiger partial charge in [0.15, 0.2) is 0 Å². The molecule has 1 heterocycles. The van der Waals surface area contributed by atoms with Gasteiger partial charge >= 0.3 is 0 Å². The molecule has 2 nitrogen and oxygen atoms in total. The first-order valence-electron chi connectivity index (χ1n) is 5.00. The van der Waals surface area contributed by atoms with Gasteiger partial charge in [-0.15, -0.1) is 0 Å². The predicted octanol–water partition coefficient (Wildman–Crippen LogP) is 3.40. The largest absolute Gasteiger partial charge is 0.489 e. The molecule has 0 N–H and O–H groups in total. The van der Waals surface area contributed by atoms with Gasteiger partial charge in [0.1, 0.15) is 11.9 Å². The van der Waals surface area contributed by atoms with Crippen LogP contribution in [0.15, 0.2) is 16.6 Å². The van der Waals surface area contributed by atoms with Crippen molar-refractivity contribution in [2.75, 3.05) is 0 Å². The molecule has 0 spiro atoms. The van der Waals surface area contributed by atoms with Gasteiger partial charge in [-0.2, -0.15) is 5.26 Å². The maximum Gasteiger partial charge on any atom is 0.137 e. The van der Waals surface area contributed by atoms with Crippen LogP contribution in [0.3, 0.4) is 0 Å². The van der Waals surface area contributed by atoms with Crippen LogP contribution in [0.1, 0.15) is 30.9 Å². The van der Waals surface area contributed by atoms with E-state index in [1.165, 1.54) is 5.56 Å². The van der Waals surface area contributed by atoms with Crippen LogP contribution < -0.4 is 4.74 Å². The Morgan fingerprint density at radius 1 is 1.60 bits per heavy atom. The quantitative estimate of drug-likeness (QED) is 0.780. The van der Waals surface area contributed by atoms with E-state index in [0.29, 0.717) is 0 Å². The third kappa shape index (κ3) is 1.87. The lowest BCUT2D eigenvalue weighted by Gasteiger charge is -2.08. The molecule has 0 saturated heterocycles. The van der Waals surface area contributed by atoms with Crippen molar-refractivity contribution in [2.24, 2.45) is 0 Å². The Morgan fingerprint density at radius 2 is 2.33 bits per heavy atom. The maximum absolute atomic E-state index is 8.88. The van der Waals surface area contributed by atoms with Crippen molar-refractivity contribution in [2.45, 2.75) is 32.3 Å². The molecule has 1 aliphatic heterocycles. The van der Waals surface area contributed by atoms with E-state index in [9.17, 15) is 0 Å². The monoisotopic (exact) mass is 265 g/mol. The Labute approximate surface area is 98.0 Å². The van der Waals surface area contributed by atoms with Gasteiger partial charge in [-0.3, -0.25) is 0 Å². The summed E-state index contributed by atoms with van der Waals surface area (Å²) in [4.78, 5) is 0. The van der Waals surface area contributed by atoms with Gasteiger partial charge in [-0.25, -0.2) is 0 Å². The molecule has 78 valence electrons. The lowest BCUT2D eigenvalue weighted by atomic mass is 9.99. The number of nitrogens with zero attached hydrogens (tertiary/aromatic N) is 1. The molecule has 0 aromatic heterocycles. The third-order valence-corrected chi connectivity index (χ3v) is 3.25. The standard InChI is InChI=1S/C12H12BrNO/c1-7(6-14)9-4-10-3-8(2)15-12(10)11(13)5-9/h4-5,7-8H,3H2,1-2H3. The summed E-state index contributed by atoms with van der Waals surface area (Å²) in [6, 6.07) is 6.31. The molecule has 0 aliphatic carbocycles. The third-order valence-electron chi connectivity index (χ3n) is 2.66. The van der Waals surface area contributed by atoms with E-state index in [1.807, 2.05) is 13.0 Å². The number of hydrogen-bond donors (Lipinski definition) is 0. The van der Waals surface area contributed by atoms with E-state index in [4.69, 9.17) is 10.00 Å². The van der Waals surface area contributed by atoms with E-state index < -0.39 is 0 Å². The summed E-state index contributed by atoms with van der Waals surface area (Å²) in [5.41, 5.74) is 2.26. The molecule has 2 atom stereocenters.